The third kappa shape index (κ3) is 4.07. The summed E-state index contributed by atoms with van der Waals surface area (Å²) in [5, 5.41) is 3.65. The average Bonchev–Trinajstić information content (AvgIpc) is 2.89. The molecule has 0 spiro atoms. The monoisotopic (exact) mass is 328 g/mol. The lowest BCUT2D eigenvalue weighted by atomic mass is 9.92. The highest BCUT2D eigenvalue weighted by molar-refractivity contribution is 5.94. The van der Waals surface area contributed by atoms with Crippen molar-refractivity contribution in [2.45, 2.75) is 78.0 Å². The van der Waals surface area contributed by atoms with Crippen molar-refractivity contribution >= 4 is 11.4 Å². The second-order valence-corrected chi connectivity index (χ2v) is 8.34. The van der Waals surface area contributed by atoms with E-state index in [0.29, 0.717) is 12.0 Å². The molecule has 2 heterocycles. The van der Waals surface area contributed by atoms with Gasteiger partial charge in [0.25, 0.3) is 0 Å². The van der Waals surface area contributed by atoms with Crippen LogP contribution < -0.4 is 5.32 Å². The van der Waals surface area contributed by atoms with Gasteiger partial charge in [0, 0.05) is 18.3 Å². The smallest absolute Gasteiger partial charge is 0.0725 e. The predicted molar refractivity (Wildman–Crippen MR) is 101 cm³/mol. The summed E-state index contributed by atoms with van der Waals surface area (Å²) in [4.78, 5) is 5.11. The van der Waals surface area contributed by atoms with Crippen molar-refractivity contribution in [3.05, 3.63) is 29.3 Å². The van der Waals surface area contributed by atoms with Crippen LogP contribution in [-0.4, -0.2) is 30.0 Å². The first-order valence-electron chi connectivity index (χ1n) is 9.47. The summed E-state index contributed by atoms with van der Waals surface area (Å²) < 4.78 is 6.17. The van der Waals surface area contributed by atoms with Gasteiger partial charge in [0.1, 0.15) is 0 Å². The minimum atomic E-state index is -0.0821. The van der Waals surface area contributed by atoms with Crippen molar-refractivity contribution in [1.82, 2.24) is 5.32 Å². The Bertz CT molecular complexity index is 615. The molecule has 1 saturated heterocycles. The molecule has 2 aliphatic rings. The molecule has 3 nitrogen and oxygen atoms in total. The Labute approximate surface area is 146 Å². The van der Waals surface area contributed by atoms with E-state index in [9.17, 15) is 0 Å². The van der Waals surface area contributed by atoms with E-state index in [1.54, 1.807) is 0 Å². The first kappa shape index (κ1) is 17.6. The zero-order valence-corrected chi connectivity index (χ0v) is 15.9. The predicted octanol–water partition coefficient (Wildman–Crippen LogP) is 4.45. The number of benzene rings is 1. The fourth-order valence-electron chi connectivity index (χ4n) is 3.88. The second-order valence-electron chi connectivity index (χ2n) is 8.34. The van der Waals surface area contributed by atoms with Gasteiger partial charge in [0.2, 0.25) is 0 Å². The Kier molecular flexibility index (Phi) is 5.12. The molecule has 0 aliphatic carbocycles. The largest absolute Gasteiger partial charge is 0.371 e. The van der Waals surface area contributed by atoms with Gasteiger partial charge in [-0.2, -0.15) is 0 Å². The van der Waals surface area contributed by atoms with E-state index in [0.717, 1.165) is 25.8 Å². The number of nitrogens with one attached hydrogen (secondary N) is 1. The highest BCUT2D eigenvalue weighted by Crippen LogP contribution is 2.31. The number of aliphatic imine (C=N–C) groups is 1. The third-order valence-corrected chi connectivity index (χ3v) is 5.12. The molecule has 3 rings (SSSR count). The van der Waals surface area contributed by atoms with Gasteiger partial charge in [-0.05, 0) is 69.6 Å². The summed E-state index contributed by atoms with van der Waals surface area (Å²) in [7, 11) is 0. The van der Waals surface area contributed by atoms with Crippen LogP contribution in [0.25, 0.3) is 0 Å². The standard InChI is InChI=1S/C21H32N2O/c1-6-15-8-10-18-16(11-15)9-7-14(2)20(23-18)19-12-17(13-22-19)24-21(3,4)5/h8,10-11,14,17,19,22H,6-7,9,12-13H2,1-5H3. The first-order chi connectivity index (χ1) is 11.4. The van der Waals surface area contributed by atoms with Crippen molar-refractivity contribution in [3.63, 3.8) is 0 Å². The molecule has 1 aromatic rings. The summed E-state index contributed by atoms with van der Waals surface area (Å²) in [5.41, 5.74) is 5.24. The molecule has 1 fully saturated rings. The minimum absolute atomic E-state index is 0.0821. The van der Waals surface area contributed by atoms with E-state index in [4.69, 9.17) is 9.73 Å². The third-order valence-electron chi connectivity index (χ3n) is 5.12. The molecule has 3 unspecified atom stereocenters. The Hall–Kier alpha value is -1.19. The lowest BCUT2D eigenvalue weighted by Gasteiger charge is -2.24. The molecule has 3 atom stereocenters. The Morgan fingerprint density at radius 1 is 1.29 bits per heavy atom. The minimum Gasteiger partial charge on any atom is -0.371 e. The maximum absolute atomic E-state index is 6.17. The van der Waals surface area contributed by atoms with Crippen LogP contribution in [-0.2, 0) is 17.6 Å². The van der Waals surface area contributed by atoms with E-state index in [-0.39, 0.29) is 11.7 Å². The Morgan fingerprint density at radius 2 is 2.08 bits per heavy atom. The summed E-state index contributed by atoms with van der Waals surface area (Å²) in [6, 6.07) is 7.14. The molecule has 0 aromatic heterocycles. The molecule has 0 bridgehead atoms. The van der Waals surface area contributed by atoms with Crippen LogP contribution in [0.1, 0.15) is 58.6 Å². The Balaban J connectivity index is 1.80. The van der Waals surface area contributed by atoms with E-state index >= 15 is 0 Å². The quantitative estimate of drug-likeness (QED) is 0.889. The number of fused-ring (bicyclic) bond motifs is 1. The van der Waals surface area contributed by atoms with Gasteiger partial charge in [-0.3, -0.25) is 4.99 Å². The number of nitrogens with zero attached hydrogens (tertiary/aromatic N) is 1. The van der Waals surface area contributed by atoms with E-state index in [1.165, 1.54) is 28.9 Å². The lowest BCUT2D eigenvalue weighted by molar-refractivity contribution is -0.0504. The molecule has 0 amide bonds. The first-order valence-corrected chi connectivity index (χ1v) is 9.47. The molecule has 0 saturated carbocycles. The van der Waals surface area contributed by atoms with Crippen LogP contribution in [0.3, 0.4) is 0 Å². The lowest BCUT2D eigenvalue weighted by Crippen LogP contribution is -2.34. The SMILES string of the molecule is CCc1ccc2c(c1)CCC(C)C(C1CC(OC(C)(C)C)CN1)=N2. The molecule has 0 radical (unpaired) electrons. The summed E-state index contributed by atoms with van der Waals surface area (Å²) in [6.45, 7) is 11.9. The van der Waals surface area contributed by atoms with Crippen LogP contribution in [0.15, 0.2) is 23.2 Å². The van der Waals surface area contributed by atoms with Crippen molar-refractivity contribution < 1.29 is 4.74 Å². The van der Waals surface area contributed by atoms with E-state index < -0.39 is 0 Å². The van der Waals surface area contributed by atoms with Gasteiger partial charge < -0.3 is 10.1 Å². The van der Waals surface area contributed by atoms with Crippen LogP contribution in [0.4, 0.5) is 5.69 Å². The van der Waals surface area contributed by atoms with Crippen molar-refractivity contribution in [1.29, 1.82) is 0 Å². The van der Waals surface area contributed by atoms with Crippen LogP contribution in [0.2, 0.25) is 0 Å². The van der Waals surface area contributed by atoms with Crippen molar-refractivity contribution in [2.24, 2.45) is 10.9 Å². The fourth-order valence-corrected chi connectivity index (χ4v) is 3.88. The van der Waals surface area contributed by atoms with Crippen LogP contribution >= 0.6 is 0 Å². The maximum atomic E-state index is 6.17. The van der Waals surface area contributed by atoms with Crippen LogP contribution in [0, 0.1) is 5.92 Å². The number of hydrogen-bond donors (Lipinski definition) is 1. The molecule has 2 aliphatic heterocycles. The molecule has 1 aromatic carbocycles. The van der Waals surface area contributed by atoms with Gasteiger partial charge in [0.15, 0.2) is 0 Å². The highest BCUT2D eigenvalue weighted by Gasteiger charge is 2.33. The Morgan fingerprint density at radius 3 is 2.79 bits per heavy atom. The van der Waals surface area contributed by atoms with E-state index in [1.807, 2.05) is 0 Å². The molecule has 1 N–H and O–H groups in total. The summed E-state index contributed by atoms with van der Waals surface area (Å²) >= 11 is 0. The molecule has 132 valence electrons. The van der Waals surface area contributed by atoms with Gasteiger partial charge in [-0.15, -0.1) is 0 Å². The fraction of sp³-hybridized carbons (Fsp3) is 0.667. The van der Waals surface area contributed by atoms with Crippen LogP contribution in [0.5, 0.6) is 0 Å². The maximum Gasteiger partial charge on any atom is 0.0725 e. The van der Waals surface area contributed by atoms with E-state index in [2.05, 4.69) is 58.1 Å². The average molecular weight is 328 g/mol. The van der Waals surface area contributed by atoms with Gasteiger partial charge >= 0.3 is 0 Å². The zero-order chi connectivity index (χ0) is 17.3. The summed E-state index contributed by atoms with van der Waals surface area (Å²) in [6.07, 6.45) is 4.72. The number of hydrogen-bond acceptors (Lipinski definition) is 3. The van der Waals surface area contributed by atoms with Gasteiger partial charge in [-0.25, -0.2) is 0 Å². The molecule has 3 heteroatoms. The van der Waals surface area contributed by atoms with Crippen molar-refractivity contribution in [2.75, 3.05) is 6.54 Å². The molecular weight excluding hydrogens is 296 g/mol. The number of aryl methyl sites for hydroxylation is 2. The molecule has 24 heavy (non-hydrogen) atoms. The normalized spacial score (nSPS) is 27.5. The number of rotatable bonds is 3. The van der Waals surface area contributed by atoms with Gasteiger partial charge in [0.05, 0.1) is 17.4 Å². The van der Waals surface area contributed by atoms with Gasteiger partial charge in [-0.1, -0.05) is 26.0 Å². The zero-order valence-electron chi connectivity index (χ0n) is 15.9. The summed E-state index contributed by atoms with van der Waals surface area (Å²) in [5.74, 6) is 0.522. The topological polar surface area (TPSA) is 33.6 Å². The van der Waals surface area contributed by atoms with Crippen molar-refractivity contribution in [3.8, 4) is 0 Å². The number of ether oxygens (including phenoxy) is 1. The second kappa shape index (κ2) is 6.97. The molecular formula is C21H32N2O. The highest BCUT2D eigenvalue weighted by atomic mass is 16.5.